The van der Waals surface area contributed by atoms with Crippen LogP contribution in [-0.2, 0) is 14.0 Å². The Hall–Kier alpha value is -2.44. The van der Waals surface area contributed by atoms with E-state index in [-0.39, 0.29) is 30.0 Å². The Bertz CT molecular complexity index is 877. The summed E-state index contributed by atoms with van der Waals surface area (Å²) in [7, 11) is -2.79. The highest BCUT2D eigenvalue weighted by molar-refractivity contribution is 6.99. The fourth-order valence-corrected chi connectivity index (χ4v) is 8.86. The zero-order chi connectivity index (χ0) is 22.9. The maximum Gasteiger partial charge on any atom is 0.417 e. The van der Waals surface area contributed by atoms with Gasteiger partial charge in [0.1, 0.15) is 5.60 Å². The summed E-state index contributed by atoms with van der Waals surface area (Å²) in [6, 6.07) is 20.6. The first-order chi connectivity index (χ1) is 14.4. The molecule has 3 rings (SSSR count). The van der Waals surface area contributed by atoms with Crippen LogP contribution in [0.4, 0.5) is 4.79 Å². The molecule has 1 aliphatic rings. The van der Waals surface area contributed by atoms with Crippen molar-refractivity contribution in [3.8, 4) is 0 Å². The highest BCUT2D eigenvalue weighted by atomic mass is 28.4. The van der Waals surface area contributed by atoms with Gasteiger partial charge in [-0.1, -0.05) is 81.4 Å². The molecule has 31 heavy (non-hydrogen) atoms. The van der Waals surface area contributed by atoms with Crippen LogP contribution in [0.2, 0.25) is 5.04 Å². The number of likely N-dealkylation sites (tertiary alicyclic amines) is 1. The van der Waals surface area contributed by atoms with Gasteiger partial charge >= 0.3 is 6.09 Å². The second-order valence-corrected chi connectivity index (χ2v) is 14.3. The van der Waals surface area contributed by atoms with E-state index in [4.69, 9.17) is 9.16 Å². The van der Waals surface area contributed by atoms with Crippen LogP contribution in [0.15, 0.2) is 60.7 Å². The summed E-state index contributed by atoms with van der Waals surface area (Å²) in [6.07, 6.45) is -0.818. The van der Waals surface area contributed by atoms with E-state index in [0.29, 0.717) is 0 Å². The molecule has 6 heteroatoms. The summed E-state index contributed by atoms with van der Waals surface area (Å²) in [5.41, 5.74) is -0.658. The molecule has 1 aliphatic heterocycles. The molecule has 2 amide bonds. The van der Waals surface area contributed by atoms with E-state index >= 15 is 0 Å². The molecule has 0 saturated carbocycles. The molecular weight excluding hydrogens is 406 g/mol. The first kappa shape index (κ1) is 23.2. The molecule has 2 aromatic rings. The van der Waals surface area contributed by atoms with Crippen molar-refractivity contribution in [3.63, 3.8) is 0 Å². The van der Waals surface area contributed by atoms with Gasteiger partial charge in [0.2, 0.25) is 5.91 Å². The monoisotopic (exact) mass is 439 g/mol. The zero-order valence-corrected chi connectivity index (χ0v) is 20.3. The molecule has 0 bridgehead atoms. The third-order valence-corrected chi connectivity index (χ3v) is 10.6. The van der Waals surface area contributed by atoms with Crippen molar-refractivity contribution in [1.29, 1.82) is 0 Å². The SMILES string of the molecule is CC(C)(C)OC(=O)N1C[C@H](O[Si](c2ccccc2)(c2ccccc2)C(C)(C)C)CC1=O. The first-order valence-electron chi connectivity index (χ1n) is 10.8. The lowest BCUT2D eigenvalue weighted by molar-refractivity contribution is -0.127. The van der Waals surface area contributed by atoms with Gasteiger partial charge in [0.25, 0.3) is 8.32 Å². The third-order valence-electron chi connectivity index (χ3n) is 5.46. The second-order valence-electron chi connectivity index (χ2n) is 10.1. The molecule has 1 saturated heterocycles. The minimum atomic E-state index is -2.79. The number of carbonyl (C=O) groups excluding carboxylic acids is 2. The van der Waals surface area contributed by atoms with E-state index in [2.05, 4.69) is 45.0 Å². The standard InChI is InChI=1S/C25H33NO4Si/c1-24(2,3)29-23(28)26-18-19(17-22(26)27)30-31(25(4,5)6,20-13-9-7-10-14-20)21-15-11-8-12-16-21/h7-16,19H,17-18H2,1-6H3/t19-/m1/s1. The number of hydrogen-bond donors (Lipinski definition) is 0. The molecule has 0 radical (unpaired) electrons. The highest BCUT2D eigenvalue weighted by Crippen LogP contribution is 2.38. The van der Waals surface area contributed by atoms with Crippen molar-refractivity contribution in [1.82, 2.24) is 4.90 Å². The number of hydrogen-bond acceptors (Lipinski definition) is 4. The number of imide groups is 1. The Kier molecular flexibility index (Phi) is 6.44. The fourth-order valence-electron chi connectivity index (χ4n) is 4.19. The lowest BCUT2D eigenvalue weighted by Gasteiger charge is -2.44. The summed E-state index contributed by atoms with van der Waals surface area (Å²) < 4.78 is 12.4. The molecule has 166 valence electrons. The molecule has 0 aromatic heterocycles. The molecule has 0 N–H and O–H groups in total. The van der Waals surface area contributed by atoms with Crippen LogP contribution in [0, 0.1) is 0 Å². The molecular formula is C25H33NO4Si. The average Bonchev–Trinajstić information content (AvgIpc) is 3.05. The molecule has 1 fully saturated rings. The van der Waals surface area contributed by atoms with Gasteiger partial charge in [-0.25, -0.2) is 9.69 Å². The largest absolute Gasteiger partial charge is 0.443 e. The lowest BCUT2D eigenvalue weighted by atomic mass is 10.2. The number of benzene rings is 2. The molecule has 1 heterocycles. The summed E-state index contributed by atoms with van der Waals surface area (Å²) in [4.78, 5) is 26.4. The van der Waals surface area contributed by atoms with Gasteiger partial charge in [0.15, 0.2) is 0 Å². The van der Waals surface area contributed by atoms with Crippen LogP contribution in [0.5, 0.6) is 0 Å². The van der Waals surface area contributed by atoms with Crippen LogP contribution in [0.3, 0.4) is 0 Å². The molecule has 0 spiro atoms. The zero-order valence-electron chi connectivity index (χ0n) is 19.3. The van der Waals surface area contributed by atoms with Gasteiger partial charge in [0, 0.05) is 0 Å². The van der Waals surface area contributed by atoms with Crippen molar-refractivity contribution in [2.24, 2.45) is 0 Å². The Balaban J connectivity index is 1.99. The number of nitrogens with zero attached hydrogens (tertiary/aromatic N) is 1. The topological polar surface area (TPSA) is 55.8 Å². The fraction of sp³-hybridized carbons (Fsp3) is 0.440. The predicted molar refractivity (Wildman–Crippen MR) is 125 cm³/mol. The van der Waals surface area contributed by atoms with E-state index < -0.39 is 20.0 Å². The Morgan fingerprint density at radius 3 is 1.81 bits per heavy atom. The number of amides is 2. The average molecular weight is 440 g/mol. The molecule has 2 aromatic carbocycles. The number of ether oxygens (including phenoxy) is 1. The number of rotatable bonds is 4. The Morgan fingerprint density at radius 2 is 1.39 bits per heavy atom. The van der Waals surface area contributed by atoms with Crippen LogP contribution in [0.1, 0.15) is 48.0 Å². The van der Waals surface area contributed by atoms with E-state index in [9.17, 15) is 9.59 Å². The van der Waals surface area contributed by atoms with E-state index in [0.717, 1.165) is 10.4 Å². The molecule has 5 nitrogen and oxygen atoms in total. The third kappa shape index (κ3) is 4.91. The van der Waals surface area contributed by atoms with Gasteiger partial charge in [-0.3, -0.25) is 4.79 Å². The van der Waals surface area contributed by atoms with E-state index in [1.807, 2.05) is 36.4 Å². The van der Waals surface area contributed by atoms with Crippen LogP contribution < -0.4 is 10.4 Å². The molecule has 0 aliphatic carbocycles. The lowest BCUT2D eigenvalue weighted by Crippen LogP contribution is -2.67. The smallest absolute Gasteiger partial charge is 0.417 e. The van der Waals surface area contributed by atoms with E-state index in [1.54, 1.807) is 20.8 Å². The summed E-state index contributed by atoms with van der Waals surface area (Å²) >= 11 is 0. The normalized spacial score (nSPS) is 17.7. The quantitative estimate of drug-likeness (QED) is 0.673. The molecule has 1 atom stereocenters. The maximum atomic E-state index is 12.7. The van der Waals surface area contributed by atoms with Crippen molar-refractivity contribution in [2.75, 3.05) is 6.54 Å². The van der Waals surface area contributed by atoms with E-state index in [1.165, 1.54) is 4.90 Å². The Morgan fingerprint density at radius 1 is 0.903 bits per heavy atom. The predicted octanol–water partition coefficient (Wildman–Crippen LogP) is 4.10. The maximum absolute atomic E-state index is 12.7. The van der Waals surface area contributed by atoms with Gasteiger partial charge in [-0.15, -0.1) is 0 Å². The van der Waals surface area contributed by atoms with Crippen molar-refractivity contribution in [2.45, 2.75) is 64.7 Å². The summed E-state index contributed by atoms with van der Waals surface area (Å²) in [5, 5.41) is 2.10. The Labute approximate surface area is 186 Å². The first-order valence-corrected chi connectivity index (χ1v) is 12.7. The van der Waals surface area contributed by atoms with Crippen LogP contribution in [0.25, 0.3) is 0 Å². The molecule has 0 unspecified atom stereocenters. The van der Waals surface area contributed by atoms with Crippen molar-refractivity contribution < 1.29 is 18.8 Å². The van der Waals surface area contributed by atoms with Crippen molar-refractivity contribution >= 4 is 30.7 Å². The van der Waals surface area contributed by atoms with Gasteiger partial charge in [0.05, 0.1) is 19.1 Å². The summed E-state index contributed by atoms with van der Waals surface area (Å²) in [6.45, 7) is 12.2. The van der Waals surface area contributed by atoms with Crippen molar-refractivity contribution in [3.05, 3.63) is 60.7 Å². The van der Waals surface area contributed by atoms with Crippen LogP contribution in [-0.4, -0.2) is 43.5 Å². The minimum absolute atomic E-state index is 0.170. The van der Waals surface area contributed by atoms with Gasteiger partial charge < -0.3 is 9.16 Å². The van der Waals surface area contributed by atoms with Crippen LogP contribution >= 0.6 is 0 Å². The highest BCUT2D eigenvalue weighted by Gasteiger charge is 2.53. The van der Waals surface area contributed by atoms with Gasteiger partial charge in [-0.05, 0) is 36.2 Å². The van der Waals surface area contributed by atoms with Gasteiger partial charge in [-0.2, -0.15) is 0 Å². The minimum Gasteiger partial charge on any atom is -0.443 e. The number of carbonyl (C=O) groups is 2. The summed E-state index contributed by atoms with van der Waals surface area (Å²) in [5.74, 6) is -0.253. The second kappa shape index (κ2) is 8.59.